The number of hydrogen-bond donors (Lipinski definition) is 0. The van der Waals surface area contributed by atoms with Crippen LogP contribution in [0.2, 0.25) is 0 Å². The molecular weight excluding hydrogens is 544 g/mol. The van der Waals surface area contributed by atoms with Crippen LogP contribution in [-0.2, 0) is 16.6 Å². The van der Waals surface area contributed by atoms with Crippen molar-refractivity contribution in [3.63, 3.8) is 0 Å². The monoisotopic (exact) mass is 590 g/mol. The lowest BCUT2D eigenvalue weighted by Gasteiger charge is -2.45. The van der Waals surface area contributed by atoms with Gasteiger partial charge in [0.2, 0.25) is 5.91 Å². The first-order valence-corrected chi connectivity index (χ1v) is 16.7. The van der Waals surface area contributed by atoms with Crippen molar-refractivity contribution >= 4 is 16.9 Å². The summed E-state index contributed by atoms with van der Waals surface area (Å²) in [5.74, 6) is 2.28. The van der Waals surface area contributed by atoms with Gasteiger partial charge in [0.05, 0.1) is 18.1 Å². The van der Waals surface area contributed by atoms with E-state index in [0.717, 1.165) is 68.0 Å². The number of likely N-dealkylation sites (tertiary alicyclic amines) is 1. The van der Waals surface area contributed by atoms with E-state index in [1.54, 1.807) is 7.11 Å². The van der Waals surface area contributed by atoms with E-state index in [2.05, 4.69) is 82.0 Å². The Bertz CT molecular complexity index is 1570. The molecule has 3 fully saturated rings. The molecule has 0 radical (unpaired) electrons. The third-order valence-corrected chi connectivity index (χ3v) is 11.1. The Kier molecular flexibility index (Phi) is 8.19. The number of amides is 1. The molecule has 1 aromatic heterocycles. The van der Waals surface area contributed by atoms with Crippen LogP contribution in [0.15, 0.2) is 78.9 Å². The second-order valence-corrected chi connectivity index (χ2v) is 13.4. The van der Waals surface area contributed by atoms with Gasteiger partial charge in [0.25, 0.3) is 0 Å². The summed E-state index contributed by atoms with van der Waals surface area (Å²) in [6, 6.07) is 29.7. The highest BCUT2D eigenvalue weighted by atomic mass is 16.5. The van der Waals surface area contributed by atoms with Crippen molar-refractivity contribution in [2.75, 3.05) is 26.7 Å². The summed E-state index contributed by atoms with van der Waals surface area (Å²) in [5.41, 5.74) is 5.14. The van der Waals surface area contributed by atoms with Gasteiger partial charge in [-0.3, -0.25) is 9.69 Å². The molecule has 0 spiro atoms. The molecule has 0 saturated carbocycles. The number of piperidine rings is 2. The van der Waals surface area contributed by atoms with Gasteiger partial charge in [0.1, 0.15) is 11.6 Å². The minimum absolute atomic E-state index is 0.123. The normalized spacial score (nSPS) is 23.2. The molecule has 3 aliphatic heterocycles. The smallest absolute Gasteiger partial charge is 0.222 e. The van der Waals surface area contributed by atoms with Crippen LogP contribution in [0.25, 0.3) is 11.0 Å². The summed E-state index contributed by atoms with van der Waals surface area (Å²) < 4.78 is 7.90. The Morgan fingerprint density at radius 3 is 2.39 bits per heavy atom. The Hall–Kier alpha value is -3.64. The maximum absolute atomic E-state index is 13.3. The zero-order chi connectivity index (χ0) is 30.1. The first kappa shape index (κ1) is 29.1. The highest BCUT2D eigenvalue weighted by Gasteiger charge is 2.44. The highest BCUT2D eigenvalue weighted by molar-refractivity contribution is 5.77. The molecule has 3 saturated heterocycles. The van der Waals surface area contributed by atoms with E-state index in [0.29, 0.717) is 24.5 Å². The van der Waals surface area contributed by atoms with E-state index >= 15 is 0 Å². The summed E-state index contributed by atoms with van der Waals surface area (Å²) >= 11 is 0. The van der Waals surface area contributed by atoms with Gasteiger partial charge in [-0.2, -0.15) is 0 Å². The number of carbonyl (C=O) groups excluding carboxylic acids is 1. The van der Waals surface area contributed by atoms with Crippen LogP contribution in [0.3, 0.4) is 0 Å². The summed E-state index contributed by atoms with van der Waals surface area (Å²) in [7, 11) is 1.69. The molecule has 7 rings (SSSR count). The van der Waals surface area contributed by atoms with E-state index in [9.17, 15) is 4.79 Å². The largest absolute Gasteiger partial charge is 0.497 e. The Morgan fingerprint density at radius 1 is 0.909 bits per heavy atom. The maximum Gasteiger partial charge on any atom is 0.222 e. The number of imidazole rings is 1. The fourth-order valence-corrected chi connectivity index (χ4v) is 8.69. The average Bonchev–Trinajstić information content (AvgIpc) is 3.53. The molecule has 6 heteroatoms. The molecule has 1 unspecified atom stereocenters. The van der Waals surface area contributed by atoms with Crippen LogP contribution in [-0.4, -0.2) is 64.1 Å². The van der Waals surface area contributed by atoms with Gasteiger partial charge >= 0.3 is 0 Å². The van der Waals surface area contributed by atoms with Gasteiger partial charge in [-0.05, 0) is 106 Å². The van der Waals surface area contributed by atoms with Gasteiger partial charge in [0.15, 0.2) is 0 Å². The molecule has 4 aromatic rings. The van der Waals surface area contributed by atoms with Gasteiger partial charge in [-0.1, -0.05) is 54.6 Å². The number of methoxy groups -OCH3 is 1. The van der Waals surface area contributed by atoms with E-state index in [1.807, 2.05) is 18.2 Å². The Labute approximate surface area is 262 Å². The van der Waals surface area contributed by atoms with Gasteiger partial charge in [0, 0.05) is 37.6 Å². The lowest BCUT2D eigenvalue weighted by Crippen LogP contribution is -2.49. The quantitative estimate of drug-likeness (QED) is 0.209. The van der Waals surface area contributed by atoms with Crippen LogP contribution in [0.1, 0.15) is 74.4 Å². The molecule has 1 amide bonds. The third-order valence-electron chi connectivity index (χ3n) is 11.1. The molecule has 230 valence electrons. The average molecular weight is 591 g/mol. The fourth-order valence-electron chi connectivity index (χ4n) is 8.69. The maximum atomic E-state index is 13.3. The van der Waals surface area contributed by atoms with Gasteiger partial charge in [-0.25, -0.2) is 4.98 Å². The number of ether oxygens (including phenoxy) is 1. The van der Waals surface area contributed by atoms with Crippen LogP contribution in [0, 0.1) is 6.92 Å². The van der Waals surface area contributed by atoms with E-state index in [1.165, 1.54) is 36.8 Å². The summed E-state index contributed by atoms with van der Waals surface area (Å²) in [5, 5.41) is 0. The Morgan fingerprint density at radius 2 is 1.64 bits per heavy atom. The van der Waals surface area contributed by atoms with Gasteiger partial charge < -0.3 is 14.2 Å². The number of aromatic nitrogens is 2. The molecule has 6 nitrogen and oxygen atoms in total. The Balaban J connectivity index is 1.01. The van der Waals surface area contributed by atoms with Crippen molar-refractivity contribution in [3.05, 3.63) is 95.8 Å². The molecule has 3 aromatic carbocycles. The SMILES string of the molecule is COc1cccc(CCC(=O)N2CCC(CCN3[C@@H]4CC[C@H]3CC(n3c(C)nc5ccccc53)C4)(c3ccccc3)CC2)c1. The minimum Gasteiger partial charge on any atom is -0.497 e. The molecule has 0 aliphatic carbocycles. The first-order valence-electron chi connectivity index (χ1n) is 16.7. The zero-order valence-corrected chi connectivity index (χ0v) is 26.3. The number of aryl methyl sites for hydroxylation is 2. The standard InChI is InChI=1S/C38H46N4O2/c1-28-39-35-13-6-7-14-36(35)42(28)33-26-31-16-17-32(27-33)41(31)24-21-38(30-10-4-3-5-11-30)19-22-40(23-20-38)37(43)18-15-29-9-8-12-34(25-29)44-2/h3-14,25,31-33H,15-24,26-27H2,1-2H3/t31-,32+,33?. The molecule has 3 aliphatic rings. The topological polar surface area (TPSA) is 50.6 Å². The van der Waals surface area contributed by atoms with Crippen LogP contribution in [0.5, 0.6) is 5.75 Å². The van der Waals surface area contributed by atoms with Crippen molar-refractivity contribution in [3.8, 4) is 5.75 Å². The molecule has 44 heavy (non-hydrogen) atoms. The zero-order valence-electron chi connectivity index (χ0n) is 26.3. The first-order chi connectivity index (χ1) is 21.5. The van der Waals surface area contributed by atoms with Crippen LogP contribution < -0.4 is 4.74 Å². The van der Waals surface area contributed by atoms with Crippen molar-refractivity contribution in [1.29, 1.82) is 0 Å². The number of rotatable bonds is 9. The highest BCUT2D eigenvalue weighted by Crippen LogP contribution is 2.45. The number of benzene rings is 3. The number of fused-ring (bicyclic) bond motifs is 3. The molecule has 4 heterocycles. The lowest BCUT2D eigenvalue weighted by atomic mass is 9.70. The predicted octanol–water partition coefficient (Wildman–Crippen LogP) is 7.10. The number of hydrogen-bond acceptors (Lipinski definition) is 4. The summed E-state index contributed by atoms with van der Waals surface area (Å²) in [4.78, 5) is 23.2. The van der Waals surface area contributed by atoms with Gasteiger partial charge in [-0.15, -0.1) is 0 Å². The van der Waals surface area contributed by atoms with Crippen LogP contribution >= 0.6 is 0 Å². The summed E-state index contributed by atoms with van der Waals surface area (Å²) in [6.45, 7) is 5.00. The number of nitrogens with zero attached hydrogens (tertiary/aromatic N) is 4. The summed E-state index contributed by atoms with van der Waals surface area (Å²) in [6.07, 6.45) is 9.58. The van der Waals surface area contributed by atoms with Crippen LogP contribution in [0.4, 0.5) is 0 Å². The third kappa shape index (κ3) is 5.65. The second-order valence-electron chi connectivity index (χ2n) is 13.4. The van der Waals surface area contributed by atoms with Crippen molar-refractivity contribution in [2.24, 2.45) is 0 Å². The fraction of sp³-hybridized carbons (Fsp3) is 0.474. The lowest BCUT2D eigenvalue weighted by molar-refractivity contribution is -0.132. The molecular formula is C38H46N4O2. The van der Waals surface area contributed by atoms with Crippen molar-refractivity contribution in [2.45, 2.75) is 88.3 Å². The van der Waals surface area contributed by atoms with E-state index in [4.69, 9.17) is 9.72 Å². The van der Waals surface area contributed by atoms with E-state index < -0.39 is 0 Å². The van der Waals surface area contributed by atoms with Crippen molar-refractivity contribution < 1.29 is 9.53 Å². The molecule has 2 bridgehead atoms. The predicted molar refractivity (Wildman–Crippen MR) is 176 cm³/mol. The minimum atomic E-state index is 0.123. The van der Waals surface area contributed by atoms with E-state index in [-0.39, 0.29) is 11.3 Å². The second kappa shape index (κ2) is 12.4. The molecule has 3 atom stereocenters. The molecule has 0 N–H and O–H groups in total. The number of para-hydroxylation sites is 2. The number of carbonyl (C=O) groups is 1. The van der Waals surface area contributed by atoms with Crippen molar-refractivity contribution in [1.82, 2.24) is 19.4 Å².